The highest BCUT2D eigenvalue weighted by Crippen LogP contribution is 2.27. The fraction of sp³-hybridized carbons (Fsp3) is 0.0500. The fourth-order valence-corrected chi connectivity index (χ4v) is 2.66. The highest BCUT2D eigenvalue weighted by molar-refractivity contribution is 5.91. The summed E-state index contributed by atoms with van der Waals surface area (Å²) in [5.41, 5.74) is 2.82. The Kier molecular flexibility index (Phi) is 3.96. The van der Waals surface area contributed by atoms with Crippen molar-refractivity contribution in [1.29, 1.82) is 0 Å². The molecule has 0 amide bonds. The Bertz CT molecular complexity index is 1000. The molecule has 122 valence electrons. The molecule has 0 spiro atoms. The Morgan fingerprint density at radius 3 is 2.48 bits per heavy atom. The second kappa shape index (κ2) is 6.57. The third-order valence-corrected chi connectivity index (χ3v) is 3.92. The molecule has 0 fully saturated rings. The Balaban J connectivity index is 1.78. The van der Waals surface area contributed by atoms with Crippen LogP contribution in [0.3, 0.4) is 0 Å². The van der Waals surface area contributed by atoms with E-state index in [2.05, 4.69) is 32.4 Å². The molecule has 4 aromatic rings. The molecule has 25 heavy (non-hydrogen) atoms. The number of fused-ring (bicyclic) bond motifs is 1. The van der Waals surface area contributed by atoms with Crippen molar-refractivity contribution in [3.63, 3.8) is 0 Å². The number of aromatic nitrogens is 3. The summed E-state index contributed by atoms with van der Waals surface area (Å²) in [5.74, 6) is 1.50. The van der Waals surface area contributed by atoms with E-state index in [4.69, 9.17) is 0 Å². The number of rotatable bonds is 4. The van der Waals surface area contributed by atoms with Crippen molar-refractivity contribution in [2.75, 3.05) is 5.32 Å². The van der Waals surface area contributed by atoms with Gasteiger partial charge in [0.15, 0.2) is 5.82 Å². The van der Waals surface area contributed by atoms with E-state index in [1.807, 2.05) is 30.3 Å². The Labute approximate surface area is 145 Å². The average molecular weight is 328 g/mol. The zero-order valence-corrected chi connectivity index (χ0v) is 13.4. The van der Waals surface area contributed by atoms with E-state index in [1.165, 1.54) is 0 Å². The first-order valence-corrected chi connectivity index (χ1v) is 7.98. The summed E-state index contributed by atoms with van der Waals surface area (Å²) in [6, 6.07) is 19.0. The summed E-state index contributed by atoms with van der Waals surface area (Å²) in [6.45, 7) is 0.637. The van der Waals surface area contributed by atoms with E-state index < -0.39 is 0 Å². The van der Waals surface area contributed by atoms with E-state index in [0.717, 1.165) is 22.0 Å². The van der Waals surface area contributed by atoms with Gasteiger partial charge in [-0.15, -0.1) is 0 Å². The van der Waals surface area contributed by atoms with Crippen LogP contribution < -0.4 is 5.32 Å². The smallest absolute Gasteiger partial charge is 0.162 e. The monoisotopic (exact) mass is 328 g/mol. The number of hydrogen-bond donors (Lipinski definition) is 2. The third kappa shape index (κ3) is 3.26. The molecule has 5 nitrogen and oxygen atoms in total. The van der Waals surface area contributed by atoms with Crippen LogP contribution in [-0.2, 0) is 6.54 Å². The van der Waals surface area contributed by atoms with Gasteiger partial charge in [-0.3, -0.25) is 4.98 Å². The van der Waals surface area contributed by atoms with Gasteiger partial charge in [0.25, 0.3) is 0 Å². The van der Waals surface area contributed by atoms with Crippen LogP contribution in [0.5, 0.6) is 5.75 Å². The zero-order chi connectivity index (χ0) is 17.1. The van der Waals surface area contributed by atoms with Gasteiger partial charge in [0.05, 0.1) is 5.52 Å². The Hall–Kier alpha value is -3.47. The van der Waals surface area contributed by atoms with E-state index in [-0.39, 0.29) is 5.75 Å². The van der Waals surface area contributed by atoms with Crippen LogP contribution in [0.25, 0.3) is 22.3 Å². The molecule has 2 heterocycles. The highest BCUT2D eigenvalue weighted by Gasteiger charge is 2.10. The molecule has 0 bridgehead atoms. The van der Waals surface area contributed by atoms with Crippen LogP contribution in [0.15, 0.2) is 73.1 Å². The molecule has 0 aliphatic carbocycles. The van der Waals surface area contributed by atoms with Crippen LogP contribution in [0.1, 0.15) is 5.56 Å². The van der Waals surface area contributed by atoms with Crippen molar-refractivity contribution in [2.45, 2.75) is 6.54 Å². The number of benzene rings is 2. The minimum atomic E-state index is 0.190. The summed E-state index contributed by atoms with van der Waals surface area (Å²) in [6.07, 6.45) is 3.44. The van der Waals surface area contributed by atoms with Crippen LogP contribution in [-0.4, -0.2) is 20.1 Å². The van der Waals surface area contributed by atoms with E-state index >= 15 is 0 Å². The van der Waals surface area contributed by atoms with Crippen LogP contribution in [0, 0.1) is 0 Å². The van der Waals surface area contributed by atoms with Crippen molar-refractivity contribution in [3.05, 3.63) is 78.6 Å². The quantitative estimate of drug-likeness (QED) is 0.592. The first kappa shape index (κ1) is 15.1. The topological polar surface area (TPSA) is 70.9 Å². The molecule has 0 atom stereocenters. The van der Waals surface area contributed by atoms with Gasteiger partial charge < -0.3 is 10.4 Å². The average Bonchev–Trinajstić information content (AvgIpc) is 2.67. The second-order valence-electron chi connectivity index (χ2n) is 5.67. The SMILES string of the molecule is Oc1ccc2nc(-c3ccncc3)nc(NCc3ccccc3)c2c1. The molecule has 0 saturated carbocycles. The molecule has 2 aromatic carbocycles. The maximum atomic E-state index is 9.83. The van der Waals surface area contributed by atoms with Gasteiger partial charge in [-0.2, -0.15) is 0 Å². The van der Waals surface area contributed by atoms with Gasteiger partial charge in [-0.25, -0.2) is 9.97 Å². The molecular formula is C20H16N4O. The standard InChI is InChI=1S/C20H16N4O/c25-16-6-7-18-17(12-16)20(22-13-14-4-2-1-3-5-14)24-19(23-18)15-8-10-21-11-9-15/h1-12,25H,13H2,(H,22,23,24). The maximum Gasteiger partial charge on any atom is 0.162 e. The predicted octanol–water partition coefficient (Wildman–Crippen LogP) is 4.01. The number of nitrogens with zero attached hydrogens (tertiary/aromatic N) is 3. The molecule has 5 heteroatoms. The molecule has 0 unspecified atom stereocenters. The van der Waals surface area contributed by atoms with Crippen molar-refractivity contribution < 1.29 is 5.11 Å². The molecule has 2 N–H and O–H groups in total. The summed E-state index contributed by atoms with van der Waals surface area (Å²) in [4.78, 5) is 13.3. The lowest BCUT2D eigenvalue weighted by Gasteiger charge is -2.11. The normalized spacial score (nSPS) is 10.7. The van der Waals surface area contributed by atoms with Crippen molar-refractivity contribution >= 4 is 16.7 Å². The number of phenolic OH excluding ortho intramolecular Hbond substituents is 1. The minimum Gasteiger partial charge on any atom is -0.508 e. The number of nitrogens with one attached hydrogen (secondary N) is 1. The molecule has 0 saturated heterocycles. The second-order valence-corrected chi connectivity index (χ2v) is 5.67. The third-order valence-electron chi connectivity index (χ3n) is 3.92. The summed E-state index contributed by atoms with van der Waals surface area (Å²) < 4.78 is 0. The fourth-order valence-electron chi connectivity index (χ4n) is 2.66. The summed E-state index contributed by atoms with van der Waals surface area (Å²) in [7, 11) is 0. The molecule has 0 radical (unpaired) electrons. The van der Waals surface area contributed by atoms with Gasteiger partial charge >= 0.3 is 0 Å². The van der Waals surface area contributed by atoms with Gasteiger partial charge in [-0.05, 0) is 35.9 Å². The maximum absolute atomic E-state index is 9.83. The van der Waals surface area contributed by atoms with E-state index in [9.17, 15) is 5.11 Å². The molecule has 0 aliphatic rings. The zero-order valence-electron chi connectivity index (χ0n) is 13.4. The number of hydrogen-bond acceptors (Lipinski definition) is 5. The van der Waals surface area contributed by atoms with Crippen molar-refractivity contribution in [3.8, 4) is 17.1 Å². The number of aromatic hydroxyl groups is 1. The molecule has 0 aliphatic heterocycles. The van der Waals surface area contributed by atoms with Gasteiger partial charge in [0, 0.05) is 29.9 Å². The molecule has 2 aromatic heterocycles. The van der Waals surface area contributed by atoms with Gasteiger partial charge in [0.2, 0.25) is 0 Å². The van der Waals surface area contributed by atoms with Crippen LogP contribution in [0.4, 0.5) is 5.82 Å². The van der Waals surface area contributed by atoms with Gasteiger partial charge in [-0.1, -0.05) is 30.3 Å². The Morgan fingerprint density at radius 2 is 1.68 bits per heavy atom. The summed E-state index contributed by atoms with van der Waals surface area (Å²) >= 11 is 0. The Morgan fingerprint density at radius 1 is 0.880 bits per heavy atom. The number of pyridine rings is 1. The lowest BCUT2D eigenvalue weighted by Crippen LogP contribution is -2.04. The van der Waals surface area contributed by atoms with E-state index in [1.54, 1.807) is 30.6 Å². The van der Waals surface area contributed by atoms with Crippen molar-refractivity contribution in [1.82, 2.24) is 15.0 Å². The van der Waals surface area contributed by atoms with Crippen molar-refractivity contribution in [2.24, 2.45) is 0 Å². The number of phenols is 1. The lowest BCUT2D eigenvalue weighted by molar-refractivity contribution is 0.476. The first-order chi connectivity index (χ1) is 12.3. The lowest BCUT2D eigenvalue weighted by atomic mass is 10.2. The summed E-state index contributed by atoms with van der Waals surface area (Å²) in [5, 5.41) is 14.0. The first-order valence-electron chi connectivity index (χ1n) is 7.98. The molecule has 4 rings (SSSR count). The van der Waals surface area contributed by atoms with E-state index in [0.29, 0.717) is 18.2 Å². The molecular weight excluding hydrogens is 312 g/mol. The van der Waals surface area contributed by atoms with Gasteiger partial charge in [0.1, 0.15) is 11.6 Å². The number of anilines is 1. The van der Waals surface area contributed by atoms with Crippen LogP contribution >= 0.6 is 0 Å². The minimum absolute atomic E-state index is 0.190. The predicted molar refractivity (Wildman–Crippen MR) is 98.2 cm³/mol. The van der Waals surface area contributed by atoms with Crippen LogP contribution in [0.2, 0.25) is 0 Å². The largest absolute Gasteiger partial charge is 0.508 e. The highest BCUT2D eigenvalue weighted by atomic mass is 16.3.